The standard InChI is InChI=1S/C47H85O13P/c1-3-5-7-9-11-13-15-17-19-20-22-23-25-27-29-31-33-35-40(48)57-37-39(38-58-61(55,56)60-47-45(53)43(51)42(50)44(52)46(47)54)59-41(49)36-34-32-30-28-26-24-21-18-16-14-12-10-8-6-4-2/h6,8,12,14,18,21,39,42-47,50-54H,3-5,7,9-11,13,15-17,19-20,22-38H2,1-2H3,(H,55,56)/b8-6+,14-12+,21-18+/t39-,42?,43-,44?,45?,46?,47?/m0/s1. The number of aliphatic hydroxyl groups excluding tert-OH is 5. The van der Waals surface area contributed by atoms with Crippen molar-refractivity contribution in [2.24, 2.45) is 0 Å². The molecular formula is C47H85O13P. The van der Waals surface area contributed by atoms with Gasteiger partial charge in [-0.05, 0) is 44.9 Å². The van der Waals surface area contributed by atoms with Crippen molar-refractivity contribution < 1.29 is 63.1 Å². The van der Waals surface area contributed by atoms with Crippen LogP contribution in [-0.4, -0.2) is 98.3 Å². The molecule has 0 heterocycles. The molecular weight excluding hydrogens is 803 g/mol. The Hall–Kier alpha value is -1.93. The molecule has 6 N–H and O–H groups in total. The van der Waals surface area contributed by atoms with E-state index < -0.39 is 75.7 Å². The zero-order chi connectivity index (χ0) is 45.0. The van der Waals surface area contributed by atoms with Crippen LogP contribution in [0.5, 0.6) is 0 Å². The lowest BCUT2D eigenvalue weighted by Crippen LogP contribution is -2.64. The number of allylic oxidation sites excluding steroid dienone is 6. The number of carbonyl (C=O) groups excluding carboxylic acids is 2. The first-order chi connectivity index (χ1) is 29.4. The van der Waals surface area contributed by atoms with Crippen LogP contribution < -0.4 is 0 Å². The van der Waals surface area contributed by atoms with Crippen LogP contribution in [-0.2, 0) is 32.7 Å². The topological polar surface area (TPSA) is 210 Å². The maximum absolute atomic E-state index is 12.8. The van der Waals surface area contributed by atoms with Crippen LogP contribution in [0, 0.1) is 0 Å². The SMILES string of the molecule is CC/C=C/C/C=C/C/C=C/CCCCCCCC(=O)O[C@@H](COC(=O)CCCCCCCCCCCCCCCCCCC)COP(=O)(O)OC1C(O)C(O)C(O)[C@H](O)C1O. The first kappa shape index (κ1) is 57.1. The molecule has 1 saturated carbocycles. The molecule has 6 unspecified atom stereocenters. The highest BCUT2D eigenvalue weighted by Crippen LogP contribution is 2.47. The summed E-state index contributed by atoms with van der Waals surface area (Å²) in [4.78, 5) is 35.7. The molecule has 1 fully saturated rings. The smallest absolute Gasteiger partial charge is 0.462 e. The van der Waals surface area contributed by atoms with Gasteiger partial charge in [-0.25, -0.2) is 4.57 Å². The van der Waals surface area contributed by atoms with E-state index in [9.17, 15) is 44.6 Å². The Kier molecular flexibility index (Phi) is 35.0. The molecule has 1 aliphatic carbocycles. The summed E-state index contributed by atoms with van der Waals surface area (Å²) < 4.78 is 33.5. The number of rotatable bonds is 39. The zero-order valence-corrected chi connectivity index (χ0v) is 38.6. The number of hydrogen-bond donors (Lipinski definition) is 6. The van der Waals surface area contributed by atoms with Crippen molar-refractivity contribution in [2.45, 2.75) is 236 Å². The van der Waals surface area contributed by atoms with E-state index in [0.29, 0.717) is 12.8 Å². The fraction of sp³-hybridized carbons (Fsp3) is 0.830. The average molecular weight is 889 g/mol. The van der Waals surface area contributed by atoms with Gasteiger partial charge >= 0.3 is 19.8 Å². The maximum atomic E-state index is 12.8. The predicted octanol–water partition coefficient (Wildman–Crippen LogP) is 9.39. The summed E-state index contributed by atoms with van der Waals surface area (Å²) in [6.45, 7) is 3.19. The van der Waals surface area contributed by atoms with Crippen LogP contribution in [0.1, 0.15) is 194 Å². The molecule has 0 aliphatic heterocycles. The van der Waals surface area contributed by atoms with Gasteiger partial charge in [0.15, 0.2) is 6.10 Å². The van der Waals surface area contributed by atoms with Crippen molar-refractivity contribution in [1.82, 2.24) is 0 Å². The van der Waals surface area contributed by atoms with Crippen LogP contribution in [0.25, 0.3) is 0 Å². The van der Waals surface area contributed by atoms with E-state index in [2.05, 4.69) is 50.3 Å². The summed E-state index contributed by atoms with van der Waals surface area (Å²) in [6.07, 6.45) is 29.1. The van der Waals surface area contributed by atoms with Gasteiger partial charge in [-0.3, -0.25) is 18.6 Å². The first-order valence-corrected chi connectivity index (χ1v) is 25.3. The highest BCUT2D eigenvalue weighted by molar-refractivity contribution is 7.47. The largest absolute Gasteiger partial charge is 0.472 e. The van der Waals surface area contributed by atoms with Crippen molar-refractivity contribution in [1.29, 1.82) is 0 Å². The Morgan fingerprint density at radius 3 is 1.43 bits per heavy atom. The third-order valence-corrected chi connectivity index (χ3v) is 12.0. The molecule has 14 heteroatoms. The number of aliphatic hydroxyl groups is 5. The second kappa shape index (κ2) is 37.4. The Labute approximate surface area is 368 Å². The summed E-state index contributed by atoms with van der Waals surface area (Å²) in [5.41, 5.74) is 0. The number of ether oxygens (including phenoxy) is 2. The quantitative estimate of drug-likeness (QED) is 0.0147. The normalized spacial score (nSPS) is 22.3. The molecule has 0 aromatic heterocycles. The average Bonchev–Trinajstić information content (AvgIpc) is 3.24. The molecule has 0 saturated heterocycles. The molecule has 0 aromatic carbocycles. The Bertz CT molecular complexity index is 1210. The molecule has 0 bridgehead atoms. The molecule has 0 spiro atoms. The monoisotopic (exact) mass is 889 g/mol. The summed E-state index contributed by atoms with van der Waals surface area (Å²) in [5.74, 6) is -1.11. The highest BCUT2D eigenvalue weighted by atomic mass is 31.2. The minimum absolute atomic E-state index is 0.0786. The van der Waals surface area contributed by atoms with E-state index in [-0.39, 0.29) is 12.8 Å². The van der Waals surface area contributed by atoms with Crippen LogP contribution in [0.4, 0.5) is 0 Å². The number of esters is 2. The van der Waals surface area contributed by atoms with Gasteiger partial charge in [0, 0.05) is 12.8 Å². The lowest BCUT2D eigenvalue weighted by Gasteiger charge is -2.41. The van der Waals surface area contributed by atoms with Crippen LogP contribution in [0.15, 0.2) is 36.5 Å². The molecule has 356 valence electrons. The minimum atomic E-state index is -5.12. The lowest BCUT2D eigenvalue weighted by atomic mass is 9.85. The Morgan fingerprint density at radius 1 is 0.525 bits per heavy atom. The van der Waals surface area contributed by atoms with E-state index in [4.69, 9.17) is 18.5 Å². The Morgan fingerprint density at radius 2 is 0.934 bits per heavy atom. The lowest BCUT2D eigenvalue weighted by molar-refractivity contribution is -0.220. The molecule has 13 nitrogen and oxygen atoms in total. The second-order valence-electron chi connectivity index (χ2n) is 16.6. The zero-order valence-electron chi connectivity index (χ0n) is 37.7. The van der Waals surface area contributed by atoms with Gasteiger partial charge in [0.05, 0.1) is 6.61 Å². The van der Waals surface area contributed by atoms with Crippen LogP contribution in [0.2, 0.25) is 0 Å². The van der Waals surface area contributed by atoms with Crippen molar-refractivity contribution in [3.63, 3.8) is 0 Å². The first-order valence-electron chi connectivity index (χ1n) is 23.8. The van der Waals surface area contributed by atoms with Gasteiger partial charge in [-0.1, -0.05) is 172 Å². The van der Waals surface area contributed by atoms with Crippen molar-refractivity contribution in [3.8, 4) is 0 Å². The predicted molar refractivity (Wildman–Crippen MR) is 240 cm³/mol. The van der Waals surface area contributed by atoms with Gasteiger partial charge in [0.2, 0.25) is 0 Å². The molecule has 0 aromatic rings. The van der Waals surface area contributed by atoms with E-state index in [1.165, 1.54) is 83.5 Å². The molecule has 0 amide bonds. The van der Waals surface area contributed by atoms with Gasteiger partial charge in [0.25, 0.3) is 0 Å². The van der Waals surface area contributed by atoms with Gasteiger partial charge in [-0.15, -0.1) is 0 Å². The molecule has 61 heavy (non-hydrogen) atoms. The van der Waals surface area contributed by atoms with E-state index in [0.717, 1.165) is 70.6 Å². The van der Waals surface area contributed by atoms with E-state index in [1.807, 2.05) is 0 Å². The van der Waals surface area contributed by atoms with Crippen LogP contribution in [0.3, 0.4) is 0 Å². The molecule has 0 radical (unpaired) electrons. The van der Waals surface area contributed by atoms with Gasteiger partial charge in [0.1, 0.15) is 43.2 Å². The third kappa shape index (κ3) is 30.0. The molecule has 8 atom stereocenters. The molecule has 1 aliphatic rings. The molecule has 1 rings (SSSR count). The third-order valence-electron chi connectivity index (χ3n) is 11.0. The van der Waals surface area contributed by atoms with Crippen molar-refractivity contribution in [3.05, 3.63) is 36.5 Å². The number of hydrogen-bond acceptors (Lipinski definition) is 12. The number of unbranched alkanes of at least 4 members (excludes halogenated alkanes) is 21. The van der Waals surface area contributed by atoms with Crippen molar-refractivity contribution in [2.75, 3.05) is 13.2 Å². The minimum Gasteiger partial charge on any atom is -0.462 e. The second-order valence-corrected chi connectivity index (χ2v) is 18.0. The summed E-state index contributed by atoms with van der Waals surface area (Å²) in [5, 5.41) is 50.2. The fourth-order valence-electron chi connectivity index (χ4n) is 7.18. The summed E-state index contributed by atoms with van der Waals surface area (Å²) in [7, 11) is -5.12. The summed E-state index contributed by atoms with van der Waals surface area (Å²) >= 11 is 0. The fourth-order valence-corrected chi connectivity index (χ4v) is 8.16. The van der Waals surface area contributed by atoms with Gasteiger partial charge in [-0.2, -0.15) is 0 Å². The number of phosphoric ester groups is 1. The van der Waals surface area contributed by atoms with Crippen LogP contribution >= 0.6 is 7.82 Å². The highest BCUT2D eigenvalue weighted by Gasteiger charge is 2.51. The summed E-state index contributed by atoms with van der Waals surface area (Å²) in [6, 6.07) is 0. The maximum Gasteiger partial charge on any atom is 0.472 e. The number of phosphoric acid groups is 1. The van der Waals surface area contributed by atoms with Crippen molar-refractivity contribution >= 4 is 19.8 Å². The number of carbonyl (C=O) groups is 2. The van der Waals surface area contributed by atoms with E-state index in [1.54, 1.807) is 0 Å². The Balaban J connectivity index is 2.44. The van der Waals surface area contributed by atoms with E-state index >= 15 is 0 Å². The van der Waals surface area contributed by atoms with Gasteiger partial charge < -0.3 is 39.9 Å².